The minimum Gasteiger partial charge on any atom is -0.451 e. The fourth-order valence-corrected chi connectivity index (χ4v) is 1.61. The van der Waals surface area contributed by atoms with Crippen LogP contribution in [0.4, 0.5) is 0 Å². The van der Waals surface area contributed by atoms with Gasteiger partial charge in [-0.05, 0) is 36.4 Å². The molecule has 0 aliphatic heterocycles. The van der Waals surface area contributed by atoms with Crippen LogP contribution < -0.4 is 11.1 Å². The van der Waals surface area contributed by atoms with Crippen LogP contribution in [0.15, 0.2) is 40.8 Å². The minimum absolute atomic E-state index is 0.117. The van der Waals surface area contributed by atoms with Gasteiger partial charge in [-0.1, -0.05) is 11.6 Å². The summed E-state index contributed by atoms with van der Waals surface area (Å²) in [5, 5.41) is 2.96. The van der Waals surface area contributed by atoms with Crippen molar-refractivity contribution in [3.8, 4) is 11.3 Å². The van der Waals surface area contributed by atoms with Crippen LogP contribution in [0.1, 0.15) is 10.6 Å². The van der Waals surface area contributed by atoms with Crippen LogP contribution in [0, 0.1) is 0 Å². The maximum Gasteiger partial charge on any atom is 0.287 e. The van der Waals surface area contributed by atoms with Crippen LogP contribution in [0.2, 0.25) is 5.02 Å². The van der Waals surface area contributed by atoms with E-state index in [0.29, 0.717) is 10.8 Å². The molecule has 1 aromatic heterocycles. The Hall–Kier alpha value is -2.27. The monoisotopic (exact) mass is 278 g/mol. The Morgan fingerprint density at radius 1 is 1.16 bits per heavy atom. The molecule has 98 valence electrons. The molecular formula is C13H11ClN2O3. The summed E-state index contributed by atoms with van der Waals surface area (Å²) in [6, 6.07) is 10.2. The zero-order valence-electron chi connectivity index (χ0n) is 9.85. The van der Waals surface area contributed by atoms with E-state index >= 15 is 0 Å². The summed E-state index contributed by atoms with van der Waals surface area (Å²) in [6.45, 7) is -0.226. The molecule has 0 fully saturated rings. The highest BCUT2D eigenvalue weighted by Crippen LogP contribution is 2.23. The molecule has 1 heterocycles. The van der Waals surface area contributed by atoms with E-state index in [0.717, 1.165) is 5.56 Å². The lowest BCUT2D eigenvalue weighted by Crippen LogP contribution is -2.33. The van der Waals surface area contributed by atoms with Gasteiger partial charge in [0.05, 0.1) is 6.54 Å². The van der Waals surface area contributed by atoms with Crippen molar-refractivity contribution in [1.82, 2.24) is 5.32 Å². The first-order chi connectivity index (χ1) is 9.06. The molecule has 19 heavy (non-hydrogen) atoms. The first kappa shape index (κ1) is 13.2. The summed E-state index contributed by atoms with van der Waals surface area (Å²) in [6.07, 6.45) is 0. The Balaban J connectivity index is 2.12. The molecule has 3 N–H and O–H groups in total. The molecule has 1 aromatic carbocycles. The fourth-order valence-electron chi connectivity index (χ4n) is 1.48. The van der Waals surface area contributed by atoms with Crippen LogP contribution in [-0.2, 0) is 4.79 Å². The number of amides is 2. The largest absolute Gasteiger partial charge is 0.451 e. The molecule has 6 heteroatoms. The molecule has 5 nitrogen and oxygen atoms in total. The Morgan fingerprint density at radius 3 is 2.47 bits per heavy atom. The summed E-state index contributed by atoms with van der Waals surface area (Å²) < 4.78 is 5.40. The lowest BCUT2D eigenvalue weighted by atomic mass is 10.2. The SMILES string of the molecule is NC(=O)CNC(=O)c1ccc(-c2ccc(Cl)cc2)o1. The number of carbonyl (C=O) groups excluding carboxylic acids is 2. The Kier molecular flexibility index (Phi) is 3.87. The number of hydrogen-bond acceptors (Lipinski definition) is 3. The van der Waals surface area contributed by atoms with Crippen LogP contribution >= 0.6 is 11.6 Å². The second kappa shape index (κ2) is 5.58. The average Bonchev–Trinajstić information content (AvgIpc) is 2.86. The molecule has 0 unspecified atom stereocenters. The number of hydrogen-bond donors (Lipinski definition) is 2. The van der Waals surface area contributed by atoms with Crippen molar-refractivity contribution in [2.24, 2.45) is 5.73 Å². The zero-order valence-corrected chi connectivity index (χ0v) is 10.6. The van der Waals surface area contributed by atoms with Crippen molar-refractivity contribution in [3.63, 3.8) is 0 Å². The molecule has 0 saturated heterocycles. The van der Waals surface area contributed by atoms with Crippen molar-refractivity contribution in [3.05, 3.63) is 47.2 Å². The summed E-state index contributed by atoms with van der Waals surface area (Å²) in [7, 11) is 0. The van der Waals surface area contributed by atoms with Crippen molar-refractivity contribution in [1.29, 1.82) is 0 Å². The van der Waals surface area contributed by atoms with Gasteiger partial charge < -0.3 is 15.5 Å². The topological polar surface area (TPSA) is 85.3 Å². The third-order valence-corrected chi connectivity index (χ3v) is 2.63. The maximum absolute atomic E-state index is 11.6. The quantitative estimate of drug-likeness (QED) is 0.894. The van der Waals surface area contributed by atoms with Gasteiger partial charge in [-0.2, -0.15) is 0 Å². The molecule has 0 aliphatic carbocycles. The number of carbonyl (C=O) groups is 2. The summed E-state index contributed by atoms with van der Waals surface area (Å²) >= 11 is 5.79. The van der Waals surface area contributed by atoms with Gasteiger partial charge in [-0.25, -0.2) is 0 Å². The highest BCUT2D eigenvalue weighted by Gasteiger charge is 2.12. The smallest absolute Gasteiger partial charge is 0.287 e. The summed E-state index contributed by atoms with van der Waals surface area (Å²) in [4.78, 5) is 22.2. The summed E-state index contributed by atoms with van der Waals surface area (Å²) in [5.74, 6) is -0.441. The molecule has 0 aliphatic rings. The molecule has 0 radical (unpaired) electrons. The van der Waals surface area contributed by atoms with E-state index in [2.05, 4.69) is 5.32 Å². The molecule has 2 amide bonds. The number of halogens is 1. The van der Waals surface area contributed by atoms with E-state index in [4.69, 9.17) is 21.8 Å². The Morgan fingerprint density at radius 2 is 1.84 bits per heavy atom. The lowest BCUT2D eigenvalue weighted by Gasteiger charge is -1.99. The van der Waals surface area contributed by atoms with E-state index in [1.165, 1.54) is 6.07 Å². The van der Waals surface area contributed by atoms with Gasteiger partial charge >= 0.3 is 0 Å². The molecule has 2 rings (SSSR count). The highest BCUT2D eigenvalue weighted by molar-refractivity contribution is 6.30. The van der Waals surface area contributed by atoms with Crippen molar-refractivity contribution in [2.75, 3.05) is 6.54 Å². The fraction of sp³-hybridized carbons (Fsp3) is 0.0769. The Bertz CT molecular complexity index is 605. The predicted octanol–water partition coefficient (Wildman–Crippen LogP) is 1.82. The minimum atomic E-state index is -0.613. The maximum atomic E-state index is 11.6. The standard InChI is InChI=1S/C13H11ClN2O3/c14-9-3-1-8(2-4-9)10-5-6-11(19-10)13(18)16-7-12(15)17/h1-6H,7H2,(H2,15,17)(H,16,18). The van der Waals surface area contributed by atoms with E-state index < -0.39 is 11.8 Å². The second-order valence-corrected chi connectivity index (χ2v) is 4.26. The van der Waals surface area contributed by atoms with E-state index in [-0.39, 0.29) is 12.3 Å². The predicted molar refractivity (Wildman–Crippen MR) is 70.7 cm³/mol. The summed E-state index contributed by atoms with van der Waals surface area (Å²) in [5.41, 5.74) is 5.74. The number of rotatable bonds is 4. The molecule has 2 aromatic rings. The van der Waals surface area contributed by atoms with Crippen LogP contribution in [0.5, 0.6) is 0 Å². The molecular weight excluding hydrogens is 268 g/mol. The Labute approximate surface area is 114 Å². The highest BCUT2D eigenvalue weighted by atomic mass is 35.5. The van der Waals surface area contributed by atoms with Crippen molar-refractivity contribution >= 4 is 23.4 Å². The first-order valence-electron chi connectivity index (χ1n) is 5.48. The van der Waals surface area contributed by atoms with Gasteiger partial charge in [0, 0.05) is 10.6 Å². The number of primary amides is 1. The second-order valence-electron chi connectivity index (χ2n) is 3.82. The van der Waals surface area contributed by atoms with Gasteiger partial charge in [-0.3, -0.25) is 9.59 Å². The number of nitrogens with two attached hydrogens (primary N) is 1. The van der Waals surface area contributed by atoms with E-state index in [1.54, 1.807) is 30.3 Å². The average molecular weight is 279 g/mol. The van der Waals surface area contributed by atoms with E-state index in [9.17, 15) is 9.59 Å². The number of furan rings is 1. The van der Waals surface area contributed by atoms with Gasteiger partial charge in [0.1, 0.15) is 5.76 Å². The lowest BCUT2D eigenvalue weighted by molar-refractivity contribution is -0.117. The van der Waals surface area contributed by atoms with Gasteiger partial charge in [0.25, 0.3) is 5.91 Å². The van der Waals surface area contributed by atoms with Gasteiger partial charge in [0.2, 0.25) is 5.91 Å². The van der Waals surface area contributed by atoms with Gasteiger partial charge in [-0.15, -0.1) is 0 Å². The van der Waals surface area contributed by atoms with Crippen LogP contribution in [0.3, 0.4) is 0 Å². The first-order valence-corrected chi connectivity index (χ1v) is 5.86. The molecule has 0 saturated carbocycles. The zero-order chi connectivity index (χ0) is 13.8. The number of benzene rings is 1. The normalized spacial score (nSPS) is 10.2. The van der Waals surface area contributed by atoms with Crippen molar-refractivity contribution in [2.45, 2.75) is 0 Å². The molecule has 0 bridgehead atoms. The third-order valence-electron chi connectivity index (χ3n) is 2.38. The van der Waals surface area contributed by atoms with Crippen LogP contribution in [0.25, 0.3) is 11.3 Å². The van der Waals surface area contributed by atoms with E-state index in [1.807, 2.05) is 0 Å². The molecule has 0 atom stereocenters. The third kappa shape index (κ3) is 3.35. The van der Waals surface area contributed by atoms with Crippen LogP contribution in [-0.4, -0.2) is 18.4 Å². The van der Waals surface area contributed by atoms with Crippen molar-refractivity contribution < 1.29 is 14.0 Å². The van der Waals surface area contributed by atoms with Gasteiger partial charge in [0.15, 0.2) is 5.76 Å². The molecule has 0 spiro atoms. The number of nitrogens with one attached hydrogen (secondary N) is 1.